The molecule has 3 rings (SSSR count). The minimum atomic E-state index is 0.182. The van der Waals surface area contributed by atoms with E-state index in [1.54, 1.807) is 19.5 Å². The number of allylic oxidation sites excluding steroid dienone is 2. The number of carbonyl (C=O) groups is 1. The van der Waals surface area contributed by atoms with E-state index in [4.69, 9.17) is 4.74 Å². The first-order chi connectivity index (χ1) is 11.2. The van der Waals surface area contributed by atoms with Crippen LogP contribution in [-0.4, -0.2) is 29.4 Å². The molecule has 1 heterocycles. The number of aromatic nitrogens is 2. The van der Waals surface area contributed by atoms with Crippen molar-refractivity contribution in [2.24, 2.45) is 0 Å². The number of rotatable bonds is 6. The van der Waals surface area contributed by atoms with Gasteiger partial charge in [0.25, 0.3) is 0 Å². The Hall–Kier alpha value is -2.56. The van der Waals surface area contributed by atoms with Gasteiger partial charge in [-0.3, -0.25) is 4.79 Å². The number of H-pyrrole nitrogens is 1. The van der Waals surface area contributed by atoms with Crippen LogP contribution in [0.15, 0.2) is 48.6 Å². The van der Waals surface area contributed by atoms with Crippen molar-refractivity contribution >= 4 is 5.78 Å². The fourth-order valence-corrected chi connectivity index (χ4v) is 2.91. The molecule has 0 amide bonds. The zero-order valence-corrected chi connectivity index (χ0v) is 13.2. The Morgan fingerprint density at radius 1 is 1.30 bits per heavy atom. The fourth-order valence-electron chi connectivity index (χ4n) is 2.91. The SMILES string of the molecule is COc1ccc(C2CC(=O)C=C(NCCc3cnc[nH]3)C2)cc1. The van der Waals surface area contributed by atoms with Gasteiger partial charge in [0.1, 0.15) is 5.75 Å². The average molecular weight is 311 g/mol. The molecular weight excluding hydrogens is 290 g/mol. The van der Waals surface area contributed by atoms with Crippen LogP contribution in [0.3, 0.4) is 0 Å². The van der Waals surface area contributed by atoms with Crippen molar-refractivity contribution in [3.63, 3.8) is 0 Å². The third-order valence-electron chi connectivity index (χ3n) is 4.14. The molecule has 2 N–H and O–H groups in total. The van der Waals surface area contributed by atoms with Gasteiger partial charge in [0.05, 0.1) is 13.4 Å². The van der Waals surface area contributed by atoms with Gasteiger partial charge in [0.2, 0.25) is 0 Å². The molecule has 0 spiro atoms. The predicted molar refractivity (Wildman–Crippen MR) is 88.4 cm³/mol. The van der Waals surface area contributed by atoms with Crippen molar-refractivity contribution in [3.8, 4) is 5.75 Å². The van der Waals surface area contributed by atoms with E-state index < -0.39 is 0 Å². The molecule has 1 atom stereocenters. The van der Waals surface area contributed by atoms with Crippen LogP contribution in [0.4, 0.5) is 0 Å². The highest BCUT2D eigenvalue weighted by molar-refractivity contribution is 5.91. The van der Waals surface area contributed by atoms with E-state index in [1.165, 1.54) is 5.56 Å². The maximum atomic E-state index is 12.0. The lowest BCUT2D eigenvalue weighted by molar-refractivity contribution is -0.115. The molecule has 0 aliphatic heterocycles. The van der Waals surface area contributed by atoms with Gasteiger partial charge in [-0.15, -0.1) is 0 Å². The number of carbonyl (C=O) groups excluding carboxylic acids is 1. The van der Waals surface area contributed by atoms with Crippen molar-refractivity contribution in [2.45, 2.75) is 25.2 Å². The number of ether oxygens (including phenoxy) is 1. The van der Waals surface area contributed by atoms with Crippen LogP contribution < -0.4 is 10.1 Å². The van der Waals surface area contributed by atoms with Gasteiger partial charge in [0.15, 0.2) is 5.78 Å². The number of benzene rings is 1. The Balaban J connectivity index is 1.59. The van der Waals surface area contributed by atoms with Gasteiger partial charge in [-0.05, 0) is 30.0 Å². The number of ketones is 1. The molecule has 2 aromatic rings. The minimum absolute atomic E-state index is 0.182. The molecule has 0 fully saturated rings. The molecule has 5 heteroatoms. The average Bonchev–Trinajstić information content (AvgIpc) is 3.08. The normalized spacial score (nSPS) is 17.7. The molecular formula is C18H21N3O2. The Bertz CT molecular complexity index is 675. The van der Waals surface area contributed by atoms with Crippen molar-refractivity contribution in [1.29, 1.82) is 0 Å². The van der Waals surface area contributed by atoms with Crippen LogP contribution in [0, 0.1) is 0 Å². The van der Waals surface area contributed by atoms with Crippen molar-refractivity contribution in [1.82, 2.24) is 15.3 Å². The molecule has 23 heavy (non-hydrogen) atoms. The van der Waals surface area contributed by atoms with Gasteiger partial charge in [-0.2, -0.15) is 0 Å². The van der Waals surface area contributed by atoms with Crippen LogP contribution in [0.1, 0.15) is 30.0 Å². The number of imidazole rings is 1. The first-order valence-corrected chi connectivity index (χ1v) is 7.83. The summed E-state index contributed by atoms with van der Waals surface area (Å²) in [5.74, 6) is 1.25. The highest BCUT2D eigenvalue weighted by Crippen LogP contribution is 2.31. The largest absolute Gasteiger partial charge is 0.497 e. The van der Waals surface area contributed by atoms with E-state index in [0.29, 0.717) is 6.42 Å². The Labute approximate surface area is 135 Å². The van der Waals surface area contributed by atoms with Gasteiger partial charge < -0.3 is 15.0 Å². The molecule has 0 saturated carbocycles. The van der Waals surface area contributed by atoms with Crippen LogP contribution in [0.5, 0.6) is 5.75 Å². The van der Waals surface area contributed by atoms with Crippen molar-refractivity contribution in [3.05, 3.63) is 59.8 Å². The summed E-state index contributed by atoms with van der Waals surface area (Å²) in [6, 6.07) is 7.99. The summed E-state index contributed by atoms with van der Waals surface area (Å²) < 4.78 is 5.19. The number of nitrogens with one attached hydrogen (secondary N) is 2. The second-order valence-electron chi connectivity index (χ2n) is 5.77. The third kappa shape index (κ3) is 4.00. The Morgan fingerprint density at radius 2 is 2.13 bits per heavy atom. The molecule has 1 aliphatic rings. The number of aromatic amines is 1. The Morgan fingerprint density at radius 3 is 2.83 bits per heavy atom. The summed E-state index contributed by atoms with van der Waals surface area (Å²) in [5.41, 5.74) is 3.29. The number of methoxy groups -OCH3 is 1. The zero-order chi connectivity index (χ0) is 16.1. The van der Waals surface area contributed by atoms with E-state index in [9.17, 15) is 4.79 Å². The monoisotopic (exact) mass is 311 g/mol. The molecule has 0 bridgehead atoms. The molecule has 1 aliphatic carbocycles. The second kappa shape index (κ2) is 7.13. The zero-order valence-electron chi connectivity index (χ0n) is 13.2. The lowest BCUT2D eigenvalue weighted by Crippen LogP contribution is -2.23. The topological polar surface area (TPSA) is 67.0 Å². The van der Waals surface area contributed by atoms with Gasteiger partial charge in [0, 0.05) is 43.1 Å². The molecule has 1 aromatic carbocycles. The van der Waals surface area contributed by atoms with Crippen molar-refractivity contribution < 1.29 is 9.53 Å². The van der Waals surface area contributed by atoms with Crippen molar-refractivity contribution in [2.75, 3.05) is 13.7 Å². The molecule has 0 saturated heterocycles. The van der Waals surface area contributed by atoms with Gasteiger partial charge in [-0.25, -0.2) is 4.98 Å². The van der Waals surface area contributed by atoms with Gasteiger partial charge in [-0.1, -0.05) is 12.1 Å². The quantitative estimate of drug-likeness (QED) is 0.860. The first-order valence-electron chi connectivity index (χ1n) is 7.83. The minimum Gasteiger partial charge on any atom is -0.497 e. The summed E-state index contributed by atoms with van der Waals surface area (Å²) in [5, 5.41) is 3.38. The first kappa shape index (κ1) is 15.3. The van der Waals surface area contributed by atoms with Crippen LogP contribution in [0.25, 0.3) is 0 Å². The maximum absolute atomic E-state index is 12.0. The number of hydrogen-bond donors (Lipinski definition) is 2. The standard InChI is InChI=1S/C18H21N3O2/c1-23-18-4-2-13(3-5-18)14-8-16(10-17(22)9-14)20-7-6-15-11-19-12-21-15/h2-5,10-12,14,20H,6-9H2,1H3,(H,19,21). The fraction of sp³-hybridized carbons (Fsp3) is 0.333. The third-order valence-corrected chi connectivity index (χ3v) is 4.14. The lowest BCUT2D eigenvalue weighted by atomic mass is 9.85. The number of hydrogen-bond acceptors (Lipinski definition) is 4. The van der Waals surface area contributed by atoms with Crippen LogP contribution >= 0.6 is 0 Å². The molecule has 5 nitrogen and oxygen atoms in total. The summed E-state index contributed by atoms with van der Waals surface area (Å²) in [6.45, 7) is 0.788. The summed E-state index contributed by atoms with van der Waals surface area (Å²) in [4.78, 5) is 19.1. The Kier molecular flexibility index (Phi) is 4.76. The molecule has 1 unspecified atom stereocenters. The highest BCUT2D eigenvalue weighted by atomic mass is 16.5. The van der Waals surface area contributed by atoms with E-state index in [0.717, 1.165) is 36.5 Å². The molecule has 1 aromatic heterocycles. The lowest BCUT2D eigenvalue weighted by Gasteiger charge is -2.23. The molecule has 0 radical (unpaired) electrons. The predicted octanol–water partition coefficient (Wildman–Crippen LogP) is 2.58. The van der Waals surface area contributed by atoms with E-state index in [2.05, 4.69) is 15.3 Å². The van der Waals surface area contributed by atoms with E-state index in [-0.39, 0.29) is 11.7 Å². The summed E-state index contributed by atoms with van der Waals surface area (Å²) in [6.07, 6.45) is 7.53. The van der Waals surface area contributed by atoms with Gasteiger partial charge >= 0.3 is 0 Å². The second-order valence-corrected chi connectivity index (χ2v) is 5.77. The molecule has 120 valence electrons. The van der Waals surface area contributed by atoms with E-state index >= 15 is 0 Å². The summed E-state index contributed by atoms with van der Waals surface area (Å²) in [7, 11) is 1.66. The highest BCUT2D eigenvalue weighted by Gasteiger charge is 2.22. The smallest absolute Gasteiger partial charge is 0.158 e. The van der Waals surface area contributed by atoms with Crippen LogP contribution in [-0.2, 0) is 11.2 Å². The van der Waals surface area contributed by atoms with Crippen LogP contribution in [0.2, 0.25) is 0 Å². The van der Waals surface area contributed by atoms with E-state index in [1.807, 2.05) is 30.5 Å². The maximum Gasteiger partial charge on any atom is 0.158 e. The summed E-state index contributed by atoms with van der Waals surface area (Å²) >= 11 is 0. The number of nitrogens with zero attached hydrogens (tertiary/aromatic N) is 1.